The van der Waals surface area contributed by atoms with Gasteiger partial charge in [-0.15, -0.1) is 0 Å². The number of methoxy groups -OCH3 is 2. The molecule has 2 aromatic rings. The van der Waals surface area contributed by atoms with E-state index in [-0.39, 0.29) is 11.9 Å². The number of nitrogens with zero attached hydrogens (tertiary/aromatic N) is 2. The summed E-state index contributed by atoms with van der Waals surface area (Å²) in [5.41, 5.74) is 1.70. The summed E-state index contributed by atoms with van der Waals surface area (Å²) in [7, 11) is 3.18. The monoisotopic (exact) mass is 328 g/mol. The molecule has 1 unspecified atom stereocenters. The summed E-state index contributed by atoms with van der Waals surface area (Å²) in [5, 5.41) is 5.96. The van der Waals surface area contributed by atoms with E-state index >= 15 is 0 Å². The molecule has 2 heterocycles. The Bertz CT molecular complexity index is 794. The fourth-order valence-electron chi connectivity index (χ4n) is 2.86. The number of carbonyl (C=O) groups is 1. The molecule has 0 spiro atoms. The van der Waals surface area contributed by atoms with Gasteiger partial charge in [-0.1, -0.05) is 6.07 Å². The lowest BCUT2D eigenvalue weighted by Gasteiger charge is -2.21. The largest absolute Gasteiger partial charge is 0.493 e. The molecule has 1 aromatic heterocycles. The van der Waals surface area contributed by atoms with Gasteiger partial charge in [-0.25, -0.2) is 5.01 Å². The second-order valence-corrected chi connectivity index (χ2v) is 5.65. The van der Waals surface area contributed by atoms with Gasteiger partial charge in [0.2, 0.25) is 5.91 Å². The Morgan fingerprint density at radius 1 is 1.21 bits per heavy atom. The predicted molar refractivity (Wildman–Crippen MR) is 89.4 cm³/mol. The van der Waals surface area contributed by atoms with Gasteiger partial charge in [-0.2, -0.15) is 5.10 Å². The van der Waals surface area contributed by atoms with Crippen LogP contribution in [0.3, 0.4) is 0 Å². The summed E-state index contributed by atoms with van der Waals surface area (Å²) >= 11 is 0. The molecular formula is C18H20N2O4. The molecule has 1 aliphatic rings. The Morgan fingerprint density at radius 2 is 1.96 bits per heavy atom. The van der Waals surface area contributed by atoms with Gasteiger partial charge in [0.1, 0.15) is 17.2 Å². The van der Waals surface area contributed by atoms with Gasteiger partial charge in [0.05, 0.1) is 20.3 Å². The maximum absolute atomic E-state index is 12.0. The molecule has 1 amide bonds. The Balaban J connectivity index is 1.95. The van der Waals surface area contributed by atoms with Gasteiger partial charge in [-0.3, -0.25) is 4.79 Å². The number of furan rings is 1. The molecule has 1 aliphatic heterocycles. The summed E-state index contributed by atoms with van der Waals surface area (Å²) < 4.78 is 16.3. The number of benzene rings is 1. The number of ether oxygens (including phenoxy) is 2. The second-order valence-electron chi connectivity index (χ2n) is 5.65. The molecule has 0 saturated heterocycles. The first-order chi connectivity index (χ1) is 11.5. The number of amides is 1. The van der Waals surface area contributed by atoms with Gasteiger partial charge >= 0.3 is 0 Å². The third kappa shape index (κ3) is 2.87. The van der Waals surface area contributed by atoms with E-state index in [1.165, 1.54) is 11.9 Å². The highest BCUT2D eigenvalue weighted by Crippen LogP contribution is 2.37. The van der Waals surface area contributed by atoms with E-state index in [2.05, 4.69) is 5.10 Å². The molecule has 0 bridgehead atoms. The van der Waals surface area contributed by atoms with Crippen LogP contribution in [0.25, 0.3) is 0 Å². The van der Waals surface area contributed by atoms with E-state index in [1.807, 2.05) is 37.3 Å². The van der Waals surface area contributed by atoms with Crippen molar-refractivity contribution in [2.24, 2.45) is 5.10 Å². The summed E-state index contributed by atoms with van der Waals surface area (Å²) in [4.78, 5) is 12.0. The molecule has 0 saturated carbocycles. The van der Waals surface area contributed by atoms with Crippen LogP contribution in [0.4, 0.5) is 0 Å². The molecule has 0 N–H and O–H groups in total. The summed E-state index contributed by atoms with van der Waals surface area (Å²) in [6, 6.07) is 9.21. The number of rotatable bonds is 4. The van der Waals surface area contributed by atoms with Crippen molar-refractivity contribution in [3.8, 4) is 11.5 Å². The fourth-order valence-corrected chi connectivity index (χ4v) is 2.86. The zero-order valence-electron chi connectivity index (χ0n) is 14.2. The maximum Gasteiger partial charge on any atom is 0.240 e. The molecule has 24 heavy (non-hydrogen) atoms. The zero-order chi connectivity index (χ0) is 17.3. The molecule has 126 valence electrons. The highest BCUT2D eigenvalue weighted by molar-refractivity contribution is 6.01. The van der Waals surface area contributed by atoms with Crippen molar-refractivity contribution in [1.82, 2.24) is 5.01 Å². The predicted octanol–water partition coefficient (Wildman–Crippen LogP) is 3.30. The number of aryl methyl sites for hydroxylation is 1. The van der Waals surface area contributed by atoms with Gasteiger partial charge in [0, 0.05) is 13.3 Å². The molecule has 3 rings (SSSR count). The van der Waals surface area contributed by atoms with Crippen molar-refractivity contribution in [2.75, 3.05) is 14.2 Å². The Kier molecular flexibility index (Phi) is 4.29. The highest BCUT2D eigenvalue weighted by Gasteiger charge is 2.33. The van der Waals surface area contributed by atoms with Crippen LogP contribution in [-0.4, -0.2) is 30.8 Å². The SMILES string of the molecule is COc1ccc(C2CC(c3ccc(C)o3)=NN2C(C)=O)cc1OC. The summed E-state index contributed by atoms with van der Waals surface area (Å²) in [6.45, 7) is 3.39. The van der Waals surface area contributed by atoms with Crippen LogP contribution in [0.1, 0.15) is 36.5 Å². The van der Waals surface area contributed by atoms with Crippen LogP contribution in [0, 0.1) is 6.92 Å². The van der Waals surface area contributed by atoms with Crippen molar-refractivity contribution in [3.05, 3.63) is 47.4 Å². The molecule has 0 aliphatic carbocycles. The Labute approximate surface area is 140 Å². The molecule has 1 atom stereocenters. The molecule has 6 heteroatoms. The summed E-state index contributed by atoms with van der Waals surface area (Å²) in [6.07, 6.45) is 0.585. The number of hydrazone groups is 1. The van der Waals surface area contributed by atoms with E-state index in [4.69, 9.17) is 13.9 Å². The first-order valence-electron chi connectivity index (χ1n) is 7.69. The van der Waals surface area contributed by atoms with Crippen molar-refractivity contribution in [1.29, 1.82) is 0 Å². The Morgan fingerprint density at radius 3 is 2.54 bits per heavy atom. The minimum absolute atomic E-state index is 0.118. The van der Waals surface area contributed by atoms with Gasteiger partial charge in [0.15, 0.2) is 11.5 Å². The average Bonchev–Trinajstić information content (AvgIpc) is 3.20. The minimum atomic E-state index is -0.192. The molecule has 0 radical (unpaired) electrons. The summed E-state index contributed by atoms with van der Waals surface area (Å²) in [5.74, 6) is 2.67. The van der Waals surface area contributed by atoms with Crippen molar-refractivity contribution < 1.29 is 18.7 Å². The van der Waals surface area contributed by atoms with Crippen molar-refractivity contribution in [3.63, 3.8) is 0 Å². The zero-order valence-corrected chi connectivity index (χ0v) is 14.2. The standard InChI is InChI=1S/C18H20N2O4/c1-11-5-7-16(24-11)14-10-15(20(19-14)12(2)21)13-6-8-17(22-3)18(9-13)23-4/h5-9,15H,10H2,1-4H3. The van der Waals surface area contributed by atoms with Crippen LogP contribution in [0.2, 0.25) is 0 Å². The quantitative estimate of drug-likeness (QED) is 0.864. The normalized spacial score (nSPS) is 16.9. The smallest absolute Gasteiger partial charge is 0.240 e. The van der Waals surface area contributed by atoms with Gasteiger partial charge < -0.3 is 13.9 Å². The molecule has 1 aromatic carbocycles. The second kappa shape index (κ2) is 6.39. The number of hydrogen-bond donors (Lipinski definition) is 0. The molecule has 6 nitrogen and oxygen atoms in total. The first-order valence-corrected chi connectivity index (χ1v) is 7.69. The molecular weight excluding hydrogens is 308 g/mol. The van der Waals surface area contributed by atoms with Crippen LogP contribution < -0.4 is 9.47 Å². The number of carbonyl (C=O) groups excluding carboxylic acids is 1. The fraction of sp³-hybridized carbons (Fsp3) is 0.333. The van der Waals surface area contributed by atoms with E-state index in [9.17, 15) is 4.79 Å². The Hall–Kier alpha value is -2.76. The van der Waals surface area contributed by atoms with Crippen LogP contribution in [0.5, 0.6) is 11.5 Å². The minimum Gasteiger partial charge on any atom is -0.493 e. The average molecular weight is 328 g/mol. The van der Waals surface area contributed by atoms with Crippen molar-refractivity contribution >= 4 is 11.6 Å². The third-order valence-electron chi connectivity index (χ3n) is 4.05. The van der Waals surface area contributed by atoms with Crippen LogP contribution in [0.15, 0.2) is 39.9 Å². The van der Waals surface area contributed by atoms with E-state index < -0.39 is 0 Å². The molecule has 0 fully saturated rings. The number of hydrogen-bond acceptors (Lipinski definition) is 5. The van der Waals surface area contributed by atoms with E-state index in [1.54, 1.807) is 14.2 Å². The first kappa shape index (κ1) is 16.1. The maximum atomic E-state index is 12.0. The third-order valence-corrected chi connectivity index (χ3v) is 4.05. The highest BCUT2D eigenvalue weighted by atomic mass is 16.5. The lowest BCUT2D eigenvalue weighted by molar-refractivity contribution is -0.130. The topological polar surface area (TPSA) is 64.3 Å². The van der Waals surface area contributed by atoms with E-state index in [0.29, 0.717) is 23.7 Å². The van der Waals surface area contributed by atoms with Crippen molar-refractivity contribution in [2.45, 2.75) is 26.3 Å². The lowest BCUT2D eigenvalue weighted by Crippen LogP contribution is -2.24. The van der Waals surface area contributed by atoms with Crippen LogP contribution >= 0.6 is 0 Å². The van der Waals surface area contributed by atoms with Gasteiger partial charge in [0.25, 0.3) is 0 Å². The lowest BCUT2D eigenvalue weighted by atomic mass is 10.0. The van der Waals surface area contributed by atoms with Crippen LogP contribution in [-0.2, 0) is 4.79 Å². The van der Waals surface area contributed by atoms with E-state index in [0.717, 1.165) is 17.0 Å². The van der Waals surface area contributed by atoms with Gasteiger partial charge in [-0.05, 0) is 36.8 Å².